The molecule has 0 saturated carbocycles. The SMILES string of the molecule is c1ccc(OCCNCCNCCOc2ccccc2)cc1. The first-order valence-corrected chi connectivity index (χ1v) is 7.72. The number of ether oxygens (including phenoxy) is 2. The fourth-order valence-electron chi connectivity index (χ4n) is 1.94. The summed E-state index contributed by atoms with van der Waals surface area (Å²) in [5, 5.41) is 6.67. The highest BCUT2D eigenvalue weighted by Gasteiger charge is 1.93. The first-order valence-electron chi connectivity index (χ1n) is 7.72. The molecule has 0 aliphatic rings. The summed E-state index contributed by atoms with van der Waals surface area (Å²) in [6, 6.07) is 19.7. The van der Waals surface area contributed by atoms with Crippen LogP contribution in [0.1, 0.15) is 0 Å². The summed E-state index contributed by atoms with van der Waals surface area (Å²) in [6.07, 6.45) is 0. The minimum atomic E-state index is 0.682. The van der Waals surface area contributed by atoms with Crippen molar-refractivity contribution >= 4 is 0 Å². The Morgan fingerprint density at radius 1 is 0.545 bits per heavy atom. The van der Waals surface area contributed by atoms with Crippen LogP contribution in [-0.2, 0) is 0 Å². The summed E-state index contributed by atoms with van der Waals surface area (Å²) >= 11 is 0. The van der Waals surface area contributed by atoms with Gasteiger partial charge >= 0.3 is 0 Å². The Bertz CT molecular complexity index is 443. The van der Waals surface area contributed by atoms with Gasteiger partial charge in [-0.2, -0.15) is 0 Å². The van der Waals surface area contributed by atoms with Crippen LogP contribution in [0.25, 0.3) is 0 Å². The maximum absolute atomic E-state index is 5.60. The van der Waals surface area contributed by atoms with Gasteiger partial charge in [0.25, 0.3) is 0 Å². The minimum Gasteiger partial charge on any atom is -0.492 e. The quantitative estimate of drug-likeness (QED) is 0.625. The van der Waals surface area contributed by atoms with Crippen molar-refractivity contribution in [3.8, 4) is 11.5 Å². The van der Waals surface area contributed by atoms with Gasteiger partial charge in [0.05, 0.1) is 0 Å². The Hall–Kier alpha value is -2.04. The van der Waals surface area contributed by atoms with Crippen LogP contribution in [0.5, 0.6) is 11.5 Å². The van der Waals surface area contributed by atoms with Crippen molar-refractivity contribution in [3.63, 3.8) is 0 Å². The largest absolute Gasteiger partial charge is 0.492 e. The Kier molecular flexibility index (Phi) is 7.91. The third kappa shape index (κ3) is 7.11. The van der Waals surface area contributed by atoms with Crippen molar-refractivity contribution in [3.05, 3.63) is 60.7 Å². The van der Waals surface area contributed by atoms with Crippen LogP contribution in [0.3, 0.4) is 0 Å². The lowest BCUT2D eigenvalue weighted by atomic mass is 10.3. The summed E-state index contributed by atoms with van der Waals surface area (Å²) in [6.45, 7) is 4.89. The van der Waals surface area contributed by atoms with E-state index in [4.69, 9.17) is 9.47 Å². The molecule has 0 aliphatic carbocycles. The van der Waals surface area contributed by atoms with E-state index >= 15 is 0 Å². The van der Waals surface area contributed by atoms with E-state index in [-0.39, 0.29) is 0 Å². The molecule has 0 unspecified atom stereocenters. The fourth-order valence-corrected chi connectivity index (χ4v) is 1.94. The molecule has 2 N–H and O–H groups in total. The summed E-state index contributed by atoms with van der Waals surface area (Å²) in [7, 11) is 0. The zero-order valence-corrected chi connectivity index (χ0v) is 12.8. The van der Waals surface area contributed by atoms with E-state index in [2.05, 4.69) is 10.6 Å². The van der Waals surface area contributed by atoms with E-state index in [1.54, 1.807) is 0 Å². The number of rotatable bonds is 11. The average Bonchev–Trinajstić information content (AvgIpc) is 2.58. The molecule has 0 aliphatic heterocycles. The van der Waals surface area contributed by atoms with Crippen molar-refractivity contribution in [2.75, 3.05) is 39.4 Å². The van der Waals surface area contributed by atoms with Crippen LogP contribution in [0.15, 0.2) is 60.7 Å². The Labute approximate surface area is 132 Å². The highest BCUT2D eigenvalue weighted by Crippen LogP contribution is 2.07. The summed E-state index contributed by atoms with van der Waals surface area (Å²) in [4.78, 5) is 0. The van der Waals surface area contributed by atoms with Crippen LogP contribution in [-0.4, -0.2) is 39.4 Å². The molecule has 0 radical (unpaired) electrons. The third-order valence-corrected chi connectivity index (χ3v) is 3.06. The van der Waals surface area contributed by atoms with E-state index < -0.39 is 0 Å². The van der Waals surface area contributed by atoms with Crippen molar-refractivity contribution < 1.29 is 9.47 Å². The van der Waals surface area contributed by atoms with Gasteiger partial charge in [-0.1, -0.05) is 36.4 Å². The van der Waals surface area contributed by atoms with Crippen molar-refractivity contribution in [1.82, 2.24) is 10.6 Å². The number of hydrogen-bond donors (Lipinski definition) is 2. The molecule has 0 saturated heterocycles. The highest BCUT2D eigenvalue weighted by atomic mass is 16.5. The molecule has 0 spiro atoms. The second kappa shape index (κ2) is 10.7. The second-order valence-electron chi connectivity index (χ2n) is 4.82. The molecule has 0 amide bonds. The summed E-state index contributed by atoms with van der Waals surface area (Å²) in [5.74, 6) is 1.83. The van der Waals surface area contributed by atoms with Crippen LogP contribution in [0, 0.1) is 0 Å². The molecule has 118 valence electrons. The molecule has 0 bridgehead atoms. The first kappa shape index (κ1) is 16.3. The second-order valence-corrected chi connectivity index (χ2v) is 4.82. The molecular formula is C18H24N2O2. The van der Waals surface area contributed by atoms with Gasteiger partial charge in [-0.15, -0.1) is 0 Å². The van der Waals surface area contributed by atoms with E-state index in [1.165, 1.54) is 0 Å². The first-order chi connectivity index (χ1) is 10.9. The van der Waals surface area contributed by atoms with Crippen LogP contribution < -0.4 is 20.1 Å². The molecule has 0 fully saturated rings. The van der Waals surface area contributed by atoms with Gasteiger partial charge in [-0.25, -0.2) is 0 Å². The van der Waals surface area contributed by atoms with E-state index in [1.807, 2.05) is 60.7 Å². The van der Waals surface area contributed by atoms with E-state index in [0.29, 0.717) is 13.2 Å². The van der Waals surface area contributed by atoms with Crippen molar-refractivity contribution in [2.45, 2.75) is 0 Å². The number of hydrogen-bond acceptors (Lipinski definition) is 4. The topological polar surface area (TPSA) is 42.5 Å². The lowest BCUT2D eigenvalue weighted by molar-refractivity contribution is 0.307. The lowest BCUT2D eigenvalue weighted by Crippen LogP contribution is -2.32. The number of nitrogens with one attached hydrogen (secondary N) is 2. The fraction of sp³-hybridized carbons (Fsp3) is 0.333. The molecule has 4 heteroatoms. The van der Waals surface area contributed by atoms with Crippen molar-refractivity contribution in [2.24, 2.45) is 0 Å². The predicted molar refractivity (Wildman–Crippen MR) is 89.6 cm³/mol. The van der Waals surface area contributed by atoms with Crippen LogP contribution in [0.4, 0.5) is 0 Å². The standard InChI is InChI=1S/C18H24N2O2/c1-3-7-17(8-4-1)21-15-13-19-11-12-20-14-16-22-18-9-5-2-6-10-18/h1-10,19-20H,11-16H2. The highest BCUT2D eigenvalue weighted by molar-refractivity contribution is 5.21. The summed E-state index contributed by atoms with van der Waals surface area (Å²) < 4.78 is 11.2. The number of para-hydroxylation sites is 2. The van der Waals surface area contributed by atoms with Gasteiger partial charge in [-0.3, -0.25) is 0 Å². The van der Waals surface area contributed by atoms with E-state index in [0.717, 1.165) is 37.7 Å². The molecule has 0 atom stereocenters. The normalized spacial score (nSPS) is 10.4. The average molecular weight is 300 g/mol. The minimum absolute atomic E-state index is 0.682. The number of benzene rings is 2. The zero-order valence-electron chi connectivity index (χ0n) is 12.8. The Morgan fingerprint density at radius 3 is 1.36 bits per heavy atom. The molecule has 2 aromatic rings. The van der Waals surface area contributed by atoms with Gasteiger partial charge < -0.3 is 20.1 Å². The predicted octanol–water partition coefficient (Wildman–Crippen LogP) is 2.32. The van der Waals surface area contributed by atoms with Crippen LogP contribution >= 0.6 is 0 Å². The van der Waals surface area contributed by atoms with Crippen molar-refractivity contribution in [1.29, 1.82) is 0 Å². The molecule has 0 aromatic heterocycles. The molecule has 22 heavy (non-hydrogen) atoms. The van der Waals surface area contributed by atoms with E-state index in [9.17, 15) is 0 Å². The lowest BCUT2D eigenvalue weighted by Gasteiger charge is -2.09. The van der Waals surface area contributed by atoms with Gasteiger partial charge in [0, 0.05) is 26.2 Å². The van der Waals surface area contributed by atoms with Crippen LogP contribution in [0.2, 0.25) is 0 Å². The zero-order chi connectivity index (χ0) is 15.3. The smallest absolute Gasteiger partial charge is 0.119 e. The molecule has 2 rings (SSSR count). The third-order valence-electron chi connectivity index (χ3n) is 3.06. The monoisotopic (exact) mass is 300 g/mol. The Balaban J connectivity index is 1.37. The Morgan fingerprint density at radius 2 is 0.955 bits per heavy atom. The van der Waals surface area contributed by atoms with Gasteiger partial charge in [0.1, 0.15) is 24.7 Å². The maximum Gasteiger partial charge on any atom is 0.119 e. The molecule has 2 aromatic carbocycles. The van der Waals surface area contributed by atoms with Gasteiger partial charge in [0.2, 0.25) is 0 Å². The maximum atomic E-state index is 5.60. The van der Waals surface area contributed by atoms with Gasteiger partial charge in [0.15, 0.2) is 0 Å². The molecule has 0 heterocycles. The summed E-state index contributed by atoms with van der Waals surface area (Å²) in [5.41, 5.74) is 0. The molecule has 4 nitrogen and oxygen atoms in total. The van der Waals surface area contributed by atoms with Gasteiger partial charge in [-0.05, 0) is 24.3 Å². The molecular weight excluding hydrogens is 276 g/mol.